The number of pyridine rings is 1. The molecule has 1 amide bonds. The number of ether oxygens (including phenoxy) is 1. The van der Waals surface area contributed by atoms with E-state index >= 15 is 0 Å². The van der Waals surface area contributed by atoms with Gasteiger partial charge in [-0.05, 0) is 55.3 Å². The van der Waals surface area contributed by atoms with Crippen molar-refractivity contribution in [1.29, 1.82) is 0 Å². The van der Waals surface area contributed by atoms with Crippen LogP contribution in [0.1, 0.15) is 28.9 Å². The molecule has 42 heavy (non-hydrogen) atoms. The van der Waals surface area contributed by atoms with E-state index in [1.54, 1.807) is 6.07 Å². The second-order valence-corrected chi connectivity index (χ2v) is 12.1. The SMILES string of the molecule is O=C(NCC1CCCN1)c1nc2nc(Nc3ccc4c(c3)S(=O)(=O)CCO4)ncc2cc1-c1ccccc1C(F)(F)F. The van der Waals surface area contributed by atoms with Crippen LogP contribution in [-0.2, 0) is 16.0 Å². The number of nitrogens with one attached hydrogen (secondary N) is 3. The van der Waals surface area contributed by atoms with Gasteiger partial charge in [0.05, 0.1) is 11.3 Å². The first kappa shape index (κ1) is 27.8. The van der Waals surface area contributed by atoms with E-state index in [0.717, 1.165) is 25.5 Å². The lowest BCUT2D eigenvalue weighted by Gasteiger charge is -2.18. The number of carbonyl (C=O) groups excluding carboxylic acids is 1. The number of amides is 1. The molecule has 10 nitrogen and oxygen atoms in total. The molecule has 1 saturated heterocycles. The number of nitrogens with zero attached hydrogens (tertiary/aromatic N) is 3. The molecule has 0 radical (unpaired) electrons. The van der Waals surface area contributed by atoms with E-state index in [-0.39, 0.29) is 57.5 Å². The molecule has 218 valence electrons. The molecule has 2 aliphatic rings. The highest BCUT2D eigenvalue weighted by molar-refractivity contribution is 7.91. The van der Waals surface area contributed by atoms with Gasteiger partial charge in [0.1, 0.15) is 22.9 Å². The summed E-state index contributed by atoms with van der Waals surface area (Å²) in [7, 11) is -3.51. The summed E-state index contributed by atoms with van der Waals surface area (Å²) >= 11 is 0. The van der Waals surface area contributed by atoms with Crippen LogP contribution in [0.2, 0.25) is 0 Å². The van der Waals surface area contributed by atoms with E-state index < -0.39 is 27.5 Å². The topological polar surface area (TPSA) is 135 Å². The molecule has 1 unspecified atom stereocenters. The van der Waals surface area contributed by atoms with Gasteiger partial charge >= 0.3 is 6.18 Å². The van der Waals surface area contributed by atoms with Crippen LogP contribution in [0.3, 0.4) is 0 Å². The monoisotopic (exact) mass is 598 g/mol. The van der Waals surface area contributed by atoms with Crippen molar-refractivity contribution >= 4 is 38.4 Å². The van der Waals surface area contributed by atoms with Gasteiger partial charge in [-0.25, -0.2) is 18.4 Å². The first-order valence-electron chi connectivity index (χ1n) is 13.2. The van der Waals surface area contributed by atoms with E-state index in [9.17, 15) is 26.4 Å². The smallest absolute Gasteiger partial charge is 0.417 e. The van der Waals surface area contributed by atoms with E-state index in [1.807, 2.05) is 0 Å². The Morgan fingerprint density at radius 3 is 2.71 bits per heavy atom. The minimum Gasteiger partial charge on any atom is -0.491 e. The Hall–Kier alpha value is -4.30. The van der Waals surface area contributed by atoms with Crippen LogP contribution in [0.25, 0.3) is 22.2 Å². The minimum absolute atomic E-state index is 0.00323. The average Bonchev–Trinajstić information content (AvgIpc) is 3.49. The van der Waals surface area contributed by atoms with Gasteiger partial charge in [0.2, 0.25) is 5.95 Å². The number of hydrogen-bond acceptors (Lipinski definition) is 9. The third kappa shape index (κ3) is 5.59. The van der Waals surface area contributed by atoms with Gasteiger partial charge in [0.15, 0.2) is 15.5 Å². The van der Waals surface area contributed by atoms with Crippen molar-refractivity contribution in [2.45, 2.75) is 30.0 Å². The van der Waals surface area contributed by atoms with Crippen LogP contribution < -0.4 is 20.7 Å². The van der Waals surface area contributed by atoms with Gasteiger partial charge in [-0.2, -0.15) is 18.2 Å². The molecule has 6 rings (SSSR count). The lowest BCUT2D eigenvalue weighted by molar-refractivity contribution is -0.137. The lowest BCUT2D eigenvalue weighted by atomic mass is 9.96. The normalized spacial score (nSPS) is 17.8. The Morgan fingerprint density at radius 1 is 1.10 bits per heavy atom. The van der Waals surface area contributed by atoms with Gasteiger partial charge in [0.25, 0.3) is 5.91 Å². The van der Waals surface area contributed by atoms with Crippen LogP contribution in [0.4, 0.5) is 24.8 Å². The zero-order valence-electron chi connectivity index (χ0n) is 22.0. The number of aromatic nitrogens is 3. The molecule has 4 heterocycles. The molecule has 14 heteroatoms. The van der Waals surface area contributed by atoms with Crippen molar-refractivity contribution in [3.05, 3.63) is 66.0 Å². The fourth-order valence-corrected chi connectivity index (χ4v) is 6.31. The first-order chi connectivity index (χ1) is 20.1. The quantitative estimate of drug-likeness (QED) is 0.300. The highest BCUT2D eigenvalue weighted by Crippen LogP contribution is 2.39. The maximum Gasteiger partial charge on any atom is 0.417 e. The van der Waals surface area contributed by atoms with E-state index in [1.165, 1.54) is 42.6 Å². The van der Waals surface area contributed by atoms with Crippen molar-refractivity contribution in [3.63, 3.8) is 0 Å². The predicted molar refractivity (Wildman–Crippen MR) is 148 cm³/mol. The zero-order chi connectivity index (χ0) is 29.5. The Bertz CT molecular complexity index is 1790. The third-order valence-electron chi connectivity index (χ3n) is 7.12. The molecule has 0 saturated carbocycles. The van der Waals surface area contributed by atoms with Gasteiger partial charge in [-0.15, -0.1) is 0 Å². The molecule has 0 bridgehead atoms. The number of carbonyl (C=O) groups is 1. The Kier molecular flexibility index (Phi) is 7.19. The average molecular weight is 599 g/mol. The molecule has 2 aromatic carbocycles. The van der Waals surface area contributed by atoms with Gasteiger partial charge in [-0.3, -0.25) is 4.79 Å². The summed E-state index contributed by atoms with van der Waals surface area (Å²) in [5.74, 6) is -0.468. The molecule has 3 N–H and O–H groups in total. The van der Waals surface area contributed by atoms with E-state index in [4.69, 9.17) is 4.74 Å². The van der Waals surface area contributed by atoms with Crippen LogP contribution >= 0.6 is 0 Å². The first-order valence-corrected chi connectivity index (χ1v) is 14.9. The van der Waals surface area contributed by atoms with E-state index in [2.05, 4.69) is 30.9 Å². The van der Waals surface area contributed by atoms with Crippen LogP contribution in [0, 0.1) is 0 Å². The number of benzene rings is 2. The van der Waals surface area contributed by atoms with E-state index in [0.29, 0.717) is 17.6 Å². The fourth-order valence-electron chi connectivity index (χ4n) is 5.05. The number of anilines is 2. The number of alkyl halides is 3. The summed E-state index contributed by atoms with van der Waals surface area (Å²) < 4.78 is 72.2. The number of rotatable bonds is 6. The Balaban J connectivity index is 1.39. The second kappa shape index (κ2) is 10.8. The molecular weight excluding hydrogens is 573 g/mol. The molecule has 0 aliphatic carbocycles. The number of fused-ring (bicyclic) bond motifs is 2. The second-order valence-electron chi connectivity index (χ2n) is 9.99. The molecule has 2 aromatic heterocycles. The van der Waals surface area contributed by atoms with Crippen molar-refractivity contribution in [1.82, 2.24) is 25.6 Å². The van der Waals surface area contributed by atoms with Gasteiger partial charge in [-0.1, -0.05) is 18.2 Å². The minimum atomic E-state index is -4.66. The molecule has 4 aromatic rings. The largest absolute Gasteiger partial charge is 0.491 e. The number of halogens is 3. The Labute approximate surface area is 238 Å². The molecule has 2 aliphatic heterocycles. The summed E-state index contributed by atoms with van der Waals surface area (Å²) in [4.78, 5) is 26.4. The van der Waals surface area contributed by atoms with Gasteiger partial charge in [0, 0.05) is 35.4 Å². The van der Waals surface area contributed by atoms with Crippen LogP contribution in [-0.4, -0.2) is 60.8 Å². The third-order valence-corrected chi connectivity index (χ3v) is 8.82. The zero-order valence-corrected chi connectivity index (χ0v) is 22.8. The maximum atomic E-state index is 13.9. The van der Waals surface area contributed by atoms with Crippen molar-refractivity contribution in [2.24, 2.45) is 0 Å². The van der Waals surface area contributed by atoms with Crippen molar-refractivity contribution < 1.29 is 31.1 Å². The molecule has 1 atom stereocenters. The molecule has 0 spiro atoms. The molecular formula is C28H25F3N6O4S. The lowest BCUT2D eigenvalue weighted by Crippen LogP contribution is -2.37. The summed E-state index contributed by atoms with van der Waals surface area (Å²) in [6, 6.07) is 11.0. The number of sulfone groups is 1. The predicted octanol–water partition coefficient (Wildman–Crippen LogP) is 4.10. The summed E-state index contributed by atoms with van der Waals surface area (Å²) in [6.45, 7) is 1.19. The molecule has 1 fully saturated rings. The van der Waals surface area contributed by atoms with Gasteiger partial charge < -0.3 is 20.7 Å². The van der Waals surface area contributed by atoms with Crippen molar-refractivity contribution in [3.8, 4) is 16.9 Å². The van der Waals surface area contributed by atoms with Crippen LogP contribution in [0.5, 0.6) is 5.75 Å². The fraction of sp³-hybridized carbons (Fsp3) is 0.286. The highest BCUT2D eigenvalue weighted by Gasteiger charge is 2.35. The summed E-state index contributed by atoms with van der Waals surface area (Å²) in [5.41, 5.74) is -0.861. The summed E-state index contributed by atoms with van der Waals surface area (Å²) in [6.07, 6.45) is -1.45. The van der Waals surface area contributed by atoms with Crippen molar-refractivity contribution in [2.75, 3.05) is 30.8 Å². The Morgan fingerprint density at radius 2 is 1.93 bits per heavy atom. The summed E-state index contributed by atoms with van der Waals surface area (Å²) in [5, 5.41) is 9.30. The standard InChI is InChI=1S/C28H25F3N6O4S/c29-28(30,31)21-6-2-1-5-19(21)20-12-16-14-34-27(35-17-7-8-22-23(13-17)42(39,40)11-10-41-22)37-25(16)36-24(20)26(38)33-15-18-4-3-9-32-18/h1-2,5-8,12-14,18,32H,3-4,9-11,15H2,(H,33,38)(H,34,35,36,37). The number of hydrogen-bond donors (Lipinski definition) is 3. The van der Waals surface area contributed by atoms with Crippen LogP contribution in [0.15, 0.2) is 59.6 Å². The highest BCUT2D eigenvalue weighted by atomic mass is 32.2. The maximum absolute atomic E-state index is 13.9.